The highest BCUT2D eigenvalue weighted by Gasteiger charge is 2.42. The summed E-state index contributed by atoms with van der Waals surface area (Å²) in [6.45, 7) is 4.31. The van der Waals surface area contributed by atoms with Gasteiger partial charge in [0.05, 0.1) is 12.6 Å². The highest BCUT2D eigenvalue weighted by atomic mass is 16.5. The predicted octanol–water partition coefficient (Wildman–Crippen LogP) is 4.52. The van der Waals surface area contributed by atoms with E-state index in [4.69, 9.17) is 4.74 Å². The molecule has 1 aliphatic heterocycles. The van der Waals surface area contributed by atoms with Crippen molar-refractivity contribution in [3.05, 3.63) is 100 Å². The van der Waals surface area contributed by atoms with Crippen LogP contribution in [0.5, 0.6) is 11.5 Å². The Hall–Kier alpha value is -4.10. The smallest absolute Gasteiger partial charge is 0.273 e. The summed E-state index contributed by atoms with van der Waals surface area (Å²) < 4.78 is 5.92. The lowest BCUT2D eigenvalue weighted by molar-refractivity contribution is 0.0706. The largest absolute Gasteiger partial charge is 0.507 e. The van der Waals surface area contributed by atoms with Crippen LogP contribution < -0.4 is 4.74 Å². The van der Waals surface area contributed by atoms with Crippen LogP contribution in [0, 0.1) is 13.8 Å². The molecular weight excluding hydrogens is 442 g/mol. The molecule has 1 aliphatic rings. The first-order valence-electron chi connectivity index (χ1n) is 11.5. The van der Waals surface area contributed by atoms with Crippen LogP contribution in [0.3, 0.4) is 0 Å². The number of phenolic OH excluding ortho intramolecular Hbond substituents is 1. The van der Waals surface area contributed by atoms with Gasteiger partial charge in [-0.1, -0.05) is 48.5 Å². The maximum atomic E-state index is 13.2. The van der Waals surface area contributed by atoms with Gasteiger partial charge in [0.2, 0.25) is 0 Å². The maximum Gasteiger partial charge on any atom is 0.273 e. The molecule has 0 bridgehead atoms. The van der Waals surface area contributed by atoms with E-state index in [2.05, 4.69) is 10.2 Å². The molecule has 1 atom stereocenters. The number of hydrogen-bond acceptors (Lipinski definition) is 5. The molecule has 1 unspecified atom stereocenters. The third-order valence-electron chi connectivity index (χ3n) is 6.34. The Labute approximate surface area is 203 Å². The van der Waals surface area contributed by atoms with Crippen LogP contribution in [0.25, 0.3) is 11.3 Å². The van der Waals surface area contributed by atoms with Crippen LogP contribution in [0.1, 0.15) is 44.3 Å². The Morgan fingerprint density at radius 2 is 1.80 bits per heavy atom. The number of amides is 1. The number of β-amino-alcohol motifs (C(OH)–C–C–N with tert-alkyl or cyclic N) is 1. The highest BCUT2D eigenvalue weighted by molar-refractivity contribution is 6.00. The molecule has 3 aromatic carbocycles. The van der Waals surface area contributed by atoms with Crippen LogP contribution in [0.4, 0.5) is 0 Å². The SMILES string of the molecule is Cc1cc(C)c(-c2n[nH]c3c2C(c2ccc(OCc4ccccc4)cc2)N(CCO)C3=O)c(O)c1. The fourth-order valence-electron chi connectivity index (χ4n) is 4.81. The lowest BCUT2D eigenvalue weighted by Gasteiger charge is -2.26. The number of aromatic amines is 1. The van der Waals surface area contributed by atoms with Crippen molar-refractivity contribution in [2.24, 2.45) is 0 Å². The first-order valence-corrected chi connectivity index (χ1v) is 11.5. The molecule has 0 spiro atoms. The summed E-state index contributed by atoms with van der Waals surface area (Å²) in [7, 11) is 0. The number of H-pyrrole nitrogens is 1. The average Bonchev–Trinajstić information content (AvgIpc) is 3.38. The molecule has 7 heteroatoms. The molecule has 0 fully saturated rings. The number of aromatic hydroxyl groups is 1. The molecule has 0 saturated carbocycles. The van der Waals surface area contributed by atoms with E-state index in [0.717, 1.165) is 28.0 Å². The topological polar surface area (TPSA) is 98.7 Å². The Morgan fingerprint density at radius 1 is 1.06 bits per heavy atom. The van der Waals surface area contributed by atoms with Crippen molar-refractivity contribution in [2.45, 2.75) is 26.5 Å². The van der Waals surface area contributed by atoms with E-state index < -0.39 is 6.04 Å². The Kier molecular flexibility index (Phi) is 6.01. The van der Waals surface area contributed by atoms with Gasteiger partial charge in [-0.15, -0.1) is 0 Å². The van der Waals surface area contributed by atoms with Gasteiger partial charge in [0.1, 0.15) is 29.5 Å². The third kappa shape index (κ3) is 4.15. The summed E-state index contributed by atoms with van der Waals surface area (Å²) in [6.07, 6.45) is 0. The highest BCUT2D eigenvalue weighted by Crippen LogP contribution is 2.45. The number of aliphatic hydroxyl groups excluding tert-OH is 1. The van der Waals surface area contributed by atoms with Crippen molar-refractivity contribution in [2.75, 3.05) is 13.2 Å². The second-order valence-corrected chi connectivity index (χ2v) is 8.80. The summed E-state index contributed by atoms with van der Waals surface area (Å²) in [6, 6.07) is 20.8. The van der Waals surface area contributed by atoms with Gasteiger partial charge in [-0.2, -0.15) is 5.10 Å². The minimum atomic E-state index is -0.457. The normalized spacial score (nSPS) is 14.9. The van der Waals surface area contributed by atoms with Gasteiger partial charge in [-0.25, -0.2) is 0 Å². The van der Waals surface area contributed by atoms with Gasteiger partial charge in [0, 0.05) is 17.7 Å². The van der Waals surface area contributed by atoms with Crippen molar-refractivity contribution in [3.8, 4) is 22.8 Å². The predicted molar refractivity (Wildman–Crippen MR) is 132 cm³/mol. The Balaban J connectivity index is 1.52. The molecular formula is C28H27N3O4. The minimum Gasteiger partial charge on any atom is -0.507 e. The summed E-state index contributed by atoms with van der Waals surface area (Å²) in [5.74, 6) is 0.607. The first-order chi connectivity index (χ1) is 17.0. The summed E-state index contributed by atoms with van der Waals surface area (Å²) >= 11 is 0. The lowest BCUT2D eigenvalue weighted by atomic mass is 9.93. The quantitative estimate of drug-likeness (QED) is 0.370. The number of phenols is 1. The minimum absolute atomic E-state index is 0.119. The molecule has 3 N–H and O–H groups in total. The van der Waals surface area contributed by atoms with Crippen molar-refractivity contribution >= 4 is 5.91 Å². The van der Waals surface area contributed by atoms with Crippen molar-refractivity contribution in [1.29, 1.82) is 0 Å². The van der Waals surface area contributed by atoms with Crippen LogP contribution in [-0.4, -0.2) is 44.4 Å². The van der Waals surface area contributed by atoms with E-state index in [-0.39, 0.29) is 24.8 Å². The molecule has 0 saturated heterocycles. The number of nitrogens with one attached hydrogen (secondary N) is 1. The number of carbonyl (C=O) groups excluding carboxylic acids is 1. The number of hydrogen-bond donors (Lipinski definition) is 3. The van der Waals surface area contributed by atoms with Gasteiger partial charge >= 0.3 is 0 Å². The molecule has 35 heavy (non-hydrogen) atoms. The maximum absolute atomic E-state index is 13.2. The Bertz CT molecular complexity index is 1340. The van der Waals surface area contributed by atoms with E-state index in [9.17, 15) is 15.0 Å². The number of nitrogens with zero attached hydrogens (tertiary/aromatic N) is 2. The van der Waals surface area contributed by atoms with E-state index >= 15 is 0 Å². The van der Waals surface area contributed by atoms with Crippen LogP contribution >= 0.6 is 0 Å². The molecule has 1 aromatic heterocycles. The number of aryl methyl sites for hydroxylation is 2. The van der Waals surface area contributed by atoms with E-state index in [1.165, 1.54) is 0 Å². The zero-order valence-electron chi connectivity index (χ0n) is 19.7. The first kappa shape index (κ1) is 22.7. The lowest BCUT2D eigenvalue weighted by Crippen LogP contribution is -2.32. The number of rotatable bonds is 7. The number of fused-ring (bicyclic) bond motifs is 1. The molecule has 5 rings (SSSR count). The average molecular weight is 470 g/mol. The van der Waals surface area contributed by atoms with E-state index in [1.54, 1.807) is 11.0 Å². The molecule has 4 aromatic rings. The van der Waals surface area contributed by atoms with Gasteiger partial charge in [0.15, 0.2) is 0 Å². The second kappa shape index (κ2) is 9.27. The number of carbonyl (C=O) groups is 1. The number of benzene rings is 3. The fraction of sp³-hybridized carbons (Fsp3) is 0.214. The van der Waals surface area contributed by atoms with E-state index in [1.807, 2.05) is 74.5 Å². The van der Waals surface area contributed by atoms with Gasteiger partial charge < -0.3 is 19.8 Å². The van der Waals surface area contributed by atoms with Gasteiger partial charge in [-0.3, -0.25) is 9.89 Å². The van der Waals surface area contributed by atoms with Crippen LogP contribution in [0.15, 0.2) is 66.7 Å². The zero-order valence-corrected chi connectivity index (χ0v) is 19.7. The molecule has 2 heterocycles. The van der Waals surface area contributed by atoms with Crippen molar-refractivity contribution in [3.63, 3.8) is 0 Å². The van der Waals surface area contributed by atoms with Gasteiger partial charge in [-0.05, 0) is 54.3 Å². The van der Waals surface area contributed by atoms with Crippen LogP contribution in [-0.2, 0) is 6.61 Å². The molecule has 1 amide bonds. The molecule has 7 nitrogen and oxygen atoms in total. The summed E-state index contributed by atoms with van der Waals surface area (Å²) in [5.41, 5.74) is 5.96. The standard InChI is InChI=1S/C28H27N3O4/c1-17-14-18(2)23(22(33)15-17)25-24-26(30-29-25)28(34)31(12-13-32)27(24)20-8-10-21(11-9-20)35-16-19-6-4-3-5-7-19/h3-11,14-15,27,32-33H,12-13,16H2,1-2H3,(H,29,30). The molecule has 178 valence electrons. The number of aliphatic hydroxyl groups is 1. The summed E-state index contributed by atoms with van der Waals surface area (Å²) in [5, 5.41) is 27.7. The molecule has 0 radical (unpaired) electrons. The third-order valence-corrected chi connectivity index (χ3v) is 6.34. The fourth-order valence-corrected chi connectivity index (χ4v) is 4.81. The number of ether oxygens (including phenoxy) is 1. The van der Waals surface area contributed by atoms with E-state index in [0.29, 0.717) is 29.1 Å². The summed E-state index contributed by atoms with van der Waals surface area (Å²) in [4.78, 5) is 14.9. The van der Waals surface area contributed by atoms with Crippen LogP contribution in [0.2, 0.25) is 0 Å². The second-order valence-electron chi connectivity index (χ2n) is 8.80. The Morgan fingerprint density at radius 3 is 2.49 bits per heavy atom. The number of aromatic nitrogens is 2. The molecule has 0 aliphatic carbocycles. The van der Waals surface area contributed by atoms with Gasteiger partial charge in [0.25, 0.3) is 5.91 Å². The van der Waals surface area contributed by atoms with Crippen molar-refractivity contribution in [1.82, 2.24) is 15.1 Å². The monoisotopic (exact) mass is 469 g/mol. The van der Waals surface area contributed by atoms with Crippen molar-refractivity contribution < 1.29 is 19.7 Å². The zero-order chi connectivity index (χ0) is 24.5.